The van der Waals surface area contributed by atoms with Crippen molar-refractivity contribution in [2.45, 2.75) is 39.7 Å². The fourth-order valence-electron chi connectivity index (χ4n) is 2.31. The zero-order chi connectivity index (χ0) is 14.5. The van der Waals surface area contributed by atoms with E-state index in [9.17, 15) is 0 Å². The predicted molar refractivity (Wildman–Crippen MR) is 84.5 cm³/mol. The summed E-state index contributed by atoms with van der Waals surface area (Å²) in [5, 5.41) is 4.49. The lowest BCUT2D eigenvalue weighted by Gasteiger charge is -2.19. The molecule has 0 bridgehead atoms. The number of nitrogens with one attached hydrogen (secondary N) is 2. The molecule has 0 saturated heterocycles. The minimum Gasteiger partial charge on any atom is -0.367 e. The molecule has 1 aromatic carbocycles. The number of aromatic nitrogens is 2. The molecule has 0 saturated carbocycles. The molecule has 0 aliphatic heterocycles. The van der Waals surface area contributed by atoms with E-state index in [0.29, 0.717) is 17.9 Å². The molecule has 2 rings (SSSR count). The number of benzene rings is 1. The summed E-state index contributed by atoms with van der Waals surface area (Å²) >= 11 is 0. The van der Waals surface area contributed by atoms with Gasteiger partial charge in [-0.25, -0.2) is 10.8 Å². The van der Waals surface area contributed by atoms with Crippen LogP contribution in [0, 0.1) is 5.92 Å². The van der Waals surface area contributed by atoms with Crippen LogP contribution in [0.4, 0.5) is 11.8 Å². The van der Waals surface area contributed by atoms with E-state index in [1.54, 1.807) is 0 Å². The van der Waals surface area contributed by atoms with Crippen molar-refractivity contribution >= 4 is 22.7 Å². The fourth-order valence-corrected chi connectivity index (χ4v) is 2.31. The standard InChI is InChI=1S/C15H23N5/c1-4-10(2)9-11(3)17-14-12-7-5-6-8-13(12)18-15(19-14)20-16/h5-8,10-11H,4,9,16H2,1-3H3,(H2,17,18,19,20). The monoisotopic (exact) mass is 273 g/mol. The molecule has 0 fully saturated rings. The molecule has 2 unspecified atom stereocenters. The maximum atomic E-state index is 5.44. The number of hydrogen-bond acceptors (Lipinski definition) is 5. The quantitative estimate of drug-likeness (QED) is 0.557. The SMILES string of the molecule is CCC(C)CC(C)Nc1nc(NN)nc2ccccc12. The Labute approximate surface area is 120 Å². The van der Waals surface area contributed by atoms with Crippen LogP contribution in [0.3, 0.4) is 0 Å². The van der Waals surface area contributed by atoms with Gasteiger partial charge in [-0.15, -0.1) is 0 Å². The largest absolute Gasteiger partial charge is 0.367 e. The summed E-state index contributed by atoms with van der Waals surface area (Å²) < 4.78 is 0. The van der Waals surface area contributed by atoms with Gasteiger partial charge in [0.25, 0.3) is 0 Å². The Kier molecular flexibility index (Phi) is 4.74. The maximum Gasteiger partial charge on any atom is 0.239 e. The van der Waals surface area contributed by atoms with E-state index in [0.717, 1.165) is 23.1 Å². The van der Waals surface area contributed by atoms with Crippen LogP contribution in [0.25, 0.3) is 10.9 Å². The van der Waals surface area contributed by atoms with Gasteiger partial charge in [-0.3, -0.25) is 5.43 Å². The van der Waals surface area contributed by atoms with E-state index < -0.39 is 0 Å². The number of anilines is 2. The summed E-state index contributed by atoms with van der Waals surface area (Å²) in [5.74, 6) is 7.40. The van der Waals surface area contributed by atoms with Gasteiger partial charge in [-0.05, 0) is 31.4 Å². The first-order valence-corrected chi connectivity index (χ1v) is 7.14. The lowest BCUT2D eigenvalue weighted by Crippen LogP contribution is -2.20. The van der Waals surface area contributed by atoms with Crippen molar-refractivity contribution in [2.75, 3.05) is 10.7 Å². The van der Waals surface area contributed by atoms with Crippen LogP contribution in [0.2, 0.25) is 0 Å². The lowest BCUT2D eigenvalue weighted by atomic mass is 10.0. The number of para-hydroxylation sites is 1. The van der Waals surface area contributed by atoms with Crippen LogP contribution in [-0.4, -0.2) is 16.0 Å². The first-order valence-electron chi connectivity index (χ1n) is 7.14. The lowest BCUT2D eigenvalue weighted by molar-refractivity contribution is 0.483. The van der Waals surface area contributed by atoms with Crippen LogP contribution in [-0.2, 0) is 0 Å². The molecule has 0 aliphatic carbocycles. The second-order valence-corrected chi connectivity index (χ2v) is 5.35. The highest BCUT2D eigenvalue weighted by Crippen LogP contribution is 2.23. The molecule has 20 heavy (non-hydrogen) atoms. The highest BCUT2D eigenvalue weighted by Gasteiger charge is 2.11. The molecular formula is C15H23N5. The summed E-state index contributed by atoms with van der Waals surface area (Å²) in [7, 11) is 0. The third kappa shape index (κ3) is 3.36. The Bertz CT molecular complexity index is 569. The second-order valence-electron chi connectivity index (χ2n) is 5.35. The van der Waals surface area contributed by atoms with Crippen molar-refractivity contribution in [3.8, 4) is 0 Å². The van der Waals surface area contributed by atoms with E-state index in [1.165, 1.54) is 6.42 Å². The molecule has 5 nitrogen and oxygen atoms in total. The zero-order valence-corrected chi connectivity index (χ0v) is 12.4. The van der Waals surface area contributed by atoms with Crippen molar-refractivity contribution < 1.29 is 0 Å². The molecular weight excluding hydrogens is 250 g/mol. The Morgan fingerprint density at radius 1 is 1.20 bits per heavy atom. The maximum absolute atomic E-state index is 5.44. The minimum absolute atomic E-state index is 0.355. The molecule has 2 aromatic rings. The Hall–Kier alpha value is -1.88. The molecule has 2 atom stereocenters. The second kappa shape index (κ2) is 6.52. The minimum atomic E-state index is 0.355. The third-order valence-electron chi connectivity index (χ3n) is 3.57. The molecule has 108 valence electrons. The number of hydrazine groups is 1. The summed E-state index contributed by atoms with van der Waals surface area (Å²) in [6.45, 7) is 6.66. The average Bonchev–Trinajstić information content (AvgIpc) is 2.46. The van der Waals surface area contributed by atoms with Crippen molar-refractivity contribution in [3.05, 3.63) is 24.3 Å². The normalized spacial score (nSPS) is 14.0. The van der Waals surface area contributed by atoms with Gasteiger partial charge < -0.3 is 5.32 Å². The molecule has 0 amide bonds. The van der Waals surface area contributed by atoms with Gasteiger partial charge in [0, 0.05) is 11.4 Å². The molecule has 0 aliphatic rings. The van der Waals surface area contributed by atoms with E-state index in [1.807, 2.05) is 24.3 Å². The first-order chi connectivity index (χ1) is 9.63. The van der Waals surface area contributed by atoms with Gasteiger partial charge in [0.1, 0.15) is 5.82 Å². The number of nitrogens with two attached hydrogens (primary N) is 1. The summed E-state index contributed by atoms with van der Waals surface area (Å²) in [6, 6.07) is 8.29. The molecule has 5 heteroatoms. The Balaban J connectivity index is 2.28. The van der Waals surface area contributed by atoms with Crippen molar-refractivity contribution in [2.24, 2.45) is 11.8 Å². The zero-order valence-electron chi connectivity index (χ0n) is 12.4. The van der Waals surface area contributed by atoms with E-state index in [2.05, 4.69) is 41.5 Å². The van der Waals surface area contributed by atoms with Crippen molar-refractivity contribution in [1.82, 2.24) is 9.97 Å². The molecule has 1 aromatic heterocycles. The van der Waals surface area contributed by atoms with Gasteiger partial charge in [0.05, 0.1) is 5.52 Å². The Morgan fingerprint density at radius 3 is 2.65 bits per heavy atom. The van der Waals surface area contributed by atoms with Crippen molar-refractivity contribution in [1.29, 1.82) is 0 Å². The van der Waals surface area contributed by atoms with Crippen LogP contribution in [0.15, 0.2) is 24.3 Å². The van der Waals surface area contributed by atoms with Gasteiger partial charge in [-0.2, -0.15) is 4.98 Å². The summed E-state index contributed by atoms with van der Waals surface area (Å²) in [6.07, 6.45) is 2.30. The molecule has 1 heterocycles. The topological polar surface area (TPSA) is 75.9 Å². The first kappa shape index (κ1) is 14.5. The molecule has 0 spiro atoms. The van der Waals surface area contributed by atoms with Gasteiger partial charge in [-0.1, -0.05) is 32.4 Å². The van der Waals surface area contributed by atoms with E-state index in [-0.39, 0.29) is 0 Å². The van der Waals surface area contributed by atoms with Crippen LogP contribution in [0.5, 0.6) is 0 Å². The predicted octanol–water partition coefficient (Wildman–Crippen LogP) is 3.15. The highest BCUT2D eigenvalue weighted by atomic mass is 15.3. The van der Waals surface area contributed by atoms with E-state index >= 15 is 0 Å². The van der Waals surface area contributed by atoms with E-state index in [4.69, 9.17) is 5.84 Å². The molecule has 4 N–H and O–H groups in total. The van der Waals surface area contributed by atoms with Crippen LogP contribution >= 0.6 is 0 Å². The fraction of sp³-hybridized carbons (Fsp3) is 0.467. The number of nitrogens with zero attached hydrogens (tertiary/aromatic N) is 2. The van der Waals surface area contributed by atoms with Crippen LogP contribution in [0.1, 0.15) is 33.6 Å². The van der Waals surface area contributed by atoms with Gasteiger partial charge in [0.2, 0.25) is 5.95 Å². The number of hydrogen-bond donors (Lipinski definition) is 3. The van der Waals surface area contributed by atoms with Gasteiger partial charge in [0.15, 0.2) is 0 Å². The Morgan fingerprint density at radius 2 is 1.95 bits per heavy atom. The number of nitrogen functional groups attached to an aromatic ring is 1. The van der Waals surface area contributed by atoms with Gasteiger partial charge >= 0.3 is 0 Å². The highest BCUT2D eigenvalue weighted by molar-refractivity contribution is 5.90. The average molecular weight is 273 g/mol. The smallest absolute Gasteiger partial charge is 0.239 e. The number of rotatable bonds is 6. The summed E-state index contributed by atoms with van der Waals surface area (Å²) in [4.78, 5) is 8.79. The van der Waals surface area contributed by atoms with Crippen molar-refractivity contribution in [3.63, 3.8) is 0 Å². The molecule has 0 radical (unpaired) electrons. The third-order valence-corrected chi connectivity index (χ3v) is 3.57. The summed E-state index contributed by atoms with van der Waals surface area (Å²) in [5.41, 5.74) is 3.41. The number of fused-ring (bicyclic) bond motifs is 1. The van der Waals surface area contributed by atoms with Crippen LogP contribution < -0.4 is 16.6 Å².